The van der Waals surface area contributed by atoms with Gasteiger partial charge in [-0.15, -0.1) is 0 Å². The molecule has 0 spiro atoms. The quantitative estimate of drug-likeness (QED) is 0.302. The molecule has 2 aromatic heterocycles. The highest BCUT2D eigenvalue weighted by molar-refractivity contribution is 6.02. The van der Waals surface area contributed by atoms with Crippen LogP contribution < -0.4 is 5.56 Å². The third kappa shape index (κ3) is 2.86. The van der Waals surface area contributed by atoms with Gasteiger partial charge in [-0.05, 0) is 32.4 Å². The number of esters is 1. The van der Waals surface area contributed by atoms with Crippen LogP contribution in [0.3, 0.4) is 0 Å². The number of hydrogen-bond donors (Lipinski definition) is 1. The minimum absolute atomic E-state index is 0.0665. The van der Waals surface area contributed by atoms with Gasteiger partial charge in [-0.25, -0.2) is 9.78 Å². The average molecular weight is 433 g/mol. The molecule has 2 aliphatic rings. The van der Waals surface area contributed by atoms with Gasteiger partial charge >= 0.3 is 5.97 Å². The molecule has 0 fully saturated rings. The second-order valence-electron chi connectivity index (χ2n) is 8.36. The zero-order chi connectivity index (χ0) is 22.6. The molecule has 0 radical (unpaired) electrons. The highest BCUT2D eigenvalue weighted by Crippen LogP contribution is 2.39. The van der Waals surface area contributed by atoms with E-state index in [4.69, 9.17) is 14.6 Å². The number of aromatic nitrogens is 2. The fourth-order valence-corrected chi connectivity index (χ4v) is 4.41. The van der Waals surface area contributed by atoms with E-state index in [2.05, 4.69) is 5.16 Å². The first-order chi connectivity index (χ1) is 15.3. The number of rotatable bonds is 4. The van der Waals surface area contributed by atoms with Crippen LogP contribution in [0.4, 0.5) is 0 Å². The van der Waals surface area contributed by atoms with Crippen molar-refractivity contribution in [2.45, 2.75) is 52.0 Å². The summed E-state index contributed by atoms with van der Waals surface area (Å²) in [7, 11) is 0. The number of cyclic esters (lactones) is 1. The van der Waals surface area contributed by atoms with Gasteiger partial charge in [-0.3, -0.25) is 4.79 Å². The van der Waals surface area contributed by atoms with Gasteiger partial charge in [0.25, 0.3) is 5.56 Å². The van der Waals surface area contributed by atoms with E-state index < -0.39 is 11.6 Å². The molecule has 1 atom stereocenters. The maximum atomic E-state index is 13.4. The number of aliphatic hydroxyl groups is 1. The summed E-state index contributed by atoms with van der Waals surface area (Å²) in [6.45, 7) is 5.62. The van der Waals surface area contributed by atoms with Crippen LogP contribution in [-0.4, -0.2) is 32.9 Å². The van der Waals surface area contributed by atoms with E-state index in [9.17, 15) is 14.7 Å². The van der Waals surface area contributed by atoms with Gasteiger partial charge in [0.1, 0.15) is 12.7 Å². The second kappa shape index (κ2) is 7.27. The molecular formula is C24H23N3O5. The predicted octanol–water partition coefficient (Wildman–Crippen LogP) is 2.84. The van der Waals surface area contributed by atoms with Crippen LogP contribution in [0.5, 0.6) is 0 Å². The molecule has 0 unspecified atom stereocenters. The Bertz CT molecular complexity index is 1360. The number of nitrogens with zero attached hydrogens (tertiary/aromatic N) is 3. The van der Waals surface area contributed by atoms with Crippen molar-refractivity contribution < 1.29 is 19.5 Å². The largest absolute Gasteiger partial charge is 0.458 e. The minimum Gasteiger partial charge on any atom is -0.458 e. The monoisotopic (exact) mass is 433 g/mol. The van der Waals surface area contributed by atoms with Crippen molar-refractivity contribution in [3.8, 4) is 11.4 Å². The molecule has 0 saturated carbocycles. The van der Waals surface area contributed by atoms with Crippen molar-refractivity contribution in [2.24, 2.45) is 5.16 Å². The first-order valence-electron chi connectivity index (χ1n) is 10.6. The molecule has 3 aromatic rings. The third-order valence-electron chi connectivity index (χ3n) is 6.09. The lowest BCUT2D eigenvalue weighted by Crippen LogP contribution is -2.44. The summed E-state index contributed by atoms with van der Waals surface area (Å²) in [5, 5.41) is 16.1. The normalized spacial score (nSPS) is 19.2. The number of para-hydroxylation sites is 1. The smallest absolute Gasteiger partial charge is 0.343 e. The summed E-state index contributed by atoms with van der Waals surface area (Å²) in [5.41, 5.74) is 2.07. The zero-order valence-electron chi connectivity index (χ0n) is 18.1. The molecule has 8 heteroatoms. The maximum Gasteiger partial charge on any atom is 0.343 e. The van der Waals surface area contributed by atoms with E-state index in [0.29, 0.717) is 29.1 Å². The van der Waals surface area contributed by atoms with Crippen LogP contribution >= 0.6 is 0 Å². The average Bonchev–Trinajstić information content (AvgIpc) is 3.15. The molecule has 0 amide bonds. The summed E-state index contributed by atoms with van der Waals surface area (Å²) < 4.78 is 6.75. The number of carbonyl (C=O) groups is 1. The molecule has 164 valence electrons. The Morgan fingerprint density at radius 3 is 2.84 bits per heavy atom. The Morgan fingerprint density at radius 2 is 2.09 bits per heavy atom. The van der Waals surface area contributed by atoms with Crippen molar-refractivity contribution in [1.82, 2.24) is 9.55 Å². The van der Waals surface area contributed by atoms with Gasteiger partial charge < -0.3 is 19.2 Å². The summed E-state index contributed by atoms with van der Waals surface area (Å²) in [4.78, 5) is 35.9. The summed E-state index contributed by atoms with van der Waals surface area (Å²) in [6, 6.07) is 9.38. The van der Waals surface area contributed by atoms with Crippen molar-refractivity contribution >= 4 is 23.1 Å². The molecule has 0 saturated heterocycles. The number of carbonyl (C=O) groups excluding carboxylic acids is 1. The molecule has 0 aliphatic carbocycles. The Morgan fingerprint density at radius 1 is 1.31 bits per heavy atom. The van der Waals surface area contributed by atoms with E-state index in [1.54, 1.807) is 23.8 Å². The lowest BCUT2D eigenvalue weighted by Gasteiger charge is -2.31. The lowest BCUT2D eigenvalue weighted by atomic mass is 9.86. The lowest BCUT2D eigenvalue weighted by molar-refractivity contribution is -0.172. The molecule has 1 aromatic carbocycles. The number of pyridine rings is 2. The Hall–Kier alpha value is -3.52. The highest BCUT2D eigenvalue weighted by Gasteiger charge is 2.45. The molecule has 2 aliphatic heterocycles. The van der Waals surface area contributed by atoms with Gasteiger partial charge in [-0.1, -0.05) is 30.3 Å². The first-order valence-corrected chi connectivity index (χ1v) is 10.6. The molecule has 1 N–H and O–H groups in total. The molecule has 4 heterocycles. The third-order valence-corrected chi connectivity index (χ3v) is 6.09. The van der Waals surface area contributed by atoms with Crippen molar-refractivity contribution in [2.75, 3.05) is 0 Å². The molecule has 32 heavy (non-hydrogen) atoms. The van der Waals surface area contributed by atoms with Crippen molar-refractivity contribution in [3.63, 3.8) is 0 Å². The SMILES string of the molecule is CC[C@@]1(O)C(=O)OCc2c1cc1n(c2=O)Cc2c-1nc1ccccc1c2C=NOC(C)C. The van der Waals surface area contributed by atoms with Gasteiger partial charge in [0.15, 0.2) is 5.60 Å². The van der Waals surface area contributed by atoms with Gasteiger partial charge in [0, 0.05) is 22.1 Å². The van der Waals surface area contributed by atoms with Gasteiger partial charge in [0.05, 0.1) is 35.2 Å². The summed E-state index contributed by atoms with van der Waals surface area (Å²) >= 11 is 0. The Labute approximate surface area is 184 Å². The Balaban J connectivity index is 1.77. The van der Waals surface area contributed by atoms with E-state index in [1.165, 1.54) is 0 Å². The minimum atomic E-state index is -1.85. The topological polar surface area (TPSA) is 103 Å². The summed E-state index contributed by atoms with van der Waals surface area (Å²) in [5.74, 6) is -0.736. The van der Waals surface area contributed by atoms with Crippen LogP contribution in [0.2, 0.25) is 0 Å². The first kappa shape index (κ1) is 20.4. The predicted molar refractivity (Wildman–Crippen MR) is 118 cm³/mol. The number of oxime groups is 1. The van der Waals surface area contributed by atoms with Crippen LogP contribution in [0, 0.1) is 0 Å². The standard InChI is InChI=1S/C24H23N3O5/c1-4-24(30)18-9-20-21-16(11-27(20)22(28)17(18)12-31-23(24)29)15(10-25-32-13(2)3)14-7-5-6-8-19(14)26-21/h5-10,13,30H,4,11-12H2,1-3H3/t24-/m0/s1. The zero-order valence-corrected chi connectivity index (χ0v) is 18.1. The van der Waals surface area contributed by atoms with Crippen LogP contribution in [0.15, 0.2) is 40.3 Å². The Kier molecular flexibility index (Phi) is 4.63. The molecule has 0 bridgehead atoms. The fourth-order valence-electron chi connectivity index (χ4n) is 4.41. The van der Waals surface area contributed by atoms with Gasteiger partial charge in [-0.2, -0.15) is 0 Å². The molecule has 5 rings (SSSR count). The van der Waals surface area contributed by atoms with E-state index in [1.807, 2.05) is 38.1 Å². The molecule has 8 nitrogen and oxygen atoms in total. The number of ether oxygens (including phenoxy) is 1. The van der Waals surface area contributed by atoms with E-state index in [0.717, 1.165) is 22.0 Å². The van der Waals surface area contributed by atoms with Crippen molar-refractivity contribution in [3.05, 3.63) is 62.9 Å². The molecular weight excluding hydrogens is 410 g/mol. The number of benzene rings is 1. The number of fused-ring (bicyclic) bond motifs is 5. The summed E-state index contributed by atoms with van der Waals surface area (Å²) in [6.07, 6.45) is 1.70. The van der Waals surface area contributed by atoms with E-state index >= 15 is 0 Å². The van der Waals surface area contributed by atoms with E-state index in [-0.39, 0.29) is 24.7 Å². The van der Waals surface area contributed by atoms with Crippen LogP contribution in [0.1, 0.15) is 49.4 Å². The maximum absolute atomic E-state index is 13.4. The second-order valence-corrected chi connectivity index (χ2v) is 8.36. The fraction of sp³-hybridized carbons (Fsp3) is 0.333. The van der Waals surface area contributed by atoms with Crippen LogP contribution in [0.25, 0.3) is 22.3 Å². The van der Waals surface area contributed by atoms with Crippen LogP contribution in [-0.2, 0) is 33.1 Å². The highest BCUT2D eigenvalue weighted by atomic mass is 16.6. The van der Waals surface area contributed by atoms with Crippen molar-refractivity contribution in [1.29, 1.82) is 0 Å². The number of hydrogen-bond acceptors (Lipinski definition) is 7. The van der Waals surface area contributed by atoms with Gasteiger partial charge in [0.2, 0.25) is 0 Å².